The van der Waals surface area contributed by atoms with Crippen molar-refractivity contribution in [2.75, 3.05) is 9.80 Å². The Balaban J connectivity index is 1.71. The summed E-state index contributed by atoms with van der Waals surface area (Å²) in [6.45, 7) is 13.4. The molecule has 43 heavy (non-hydrogen) atoms. The number of benzene rings is 5. The molecule has 5 heteroatoms. The zero-order valence-electron chi connectivity index (χ0n) is 25.5. The molecule has 0 aliphatic heterocycles. The second-order valence-corrected chi connectivity index (χ2v) is 14.5. The average Bonchev–Trinajstić information content (AvgIpc) is 2.96. The summed E-state index contributed by atoms with van der Waals surface area (Å²) in [6.07, 6.45) is 0. The van der Waals surface area contributed by atoms with Gasteiger partial charge in [-0.15, -0.1) is 0 Å². The van der Waals surface area contributed by atoms with Crippen molar-refractivity contribution < 1.29 is 0 Å². The van der Waals surface area contributed by atoms with Crippen LogP contribution in [0.4, 0.5) is 34.1 Å². The standard InChI is InChI=1S/C38H37BrCl2N2/c1-37(2,3)26-13-19-30(20-14-26)42(31-21-15-28(40)16-22-31)34-11-8-12-35(36(34)39)43(32-23-17-29(41)18-24-32)33-10-7-9-27(25-33)38(4,5)6/h7-25H,1-6H3. The first-order valence-electron chi connectivity index (χ1n) is 14.4. The maximum atomic E-state index is 6.33. The van der Waals surface area contributed by atoms with Gasteiger partial charge in [0, 0.05) is 32.8 Å². The Bertz CT molecular complexity index is 1700. The van der Waals surface area contributed by atoms with Gasteiger partial charge >= 0.3 is 0 Å². The molecule has 0 amide bonds. The minimum Gasteiger partial charge on any atom is -0.309 e. The monoisotopic (exact) mass is 670 g/mol. The molecule has 5 aromatic carbocycles. The maximum absolute atomic E-state index is 6.33. The molecule has 220 valence electrons. The molecule has 2 nitrogen and oxygen atoms in total. The van der Waals surface area contributed by atoms with Crippen molar-refractivity contribution in [3.63, 3.8) is 0 Å². The van der Waals surface area contributed by atoms with Gasteiger partial charge in [0.1, 0.15) is 0 Å². The third-order valence-electron chi connectivity index (χ3n) is 7.57. The molecule has 0 radical (unpaired) electrons. The summed E-state index contributed by atoms with van der Waals surface area (Å²) < 4.78 is 0.959. The van der Waals surface area contributed by atoms with Gasteiger partial charge in [-0.25, -0.2) is 0 Å². The highest BCUT2D eigenvalue weighted by atomic mass is 79.9. The fourth-order valence-corrected chi connectivity index (χ4v) is 5.98. The number of hydrogen-bond donors (Lipinski definition) is 0. The van der Waals surface area contributed by atoms with Crippen LogP contribution >= 0.6 is 39.1 Å². The number of anilines is 6. The first-order valence-corrected chi connectivity index (χ1v) is 16.0. The SMILES string of the molecule is CC(C)(C)c1ccc(N(c2ccc(Cl)cc2)c2cccc(N(c3ccc(Cl)cc3)c3cccc(C(C)(C)C)c3)c2Br)cc1. The second kappa shape index (κ2) is 12.4. The molecule has 0 saturated heterocycles. The first kappa shape index (κ1) is 31.2. The van der Waals surface area contributed by atoms with Gasteiger partial charge in [0.15, 0.2) is 0 Å². The van der Waals surface area contributed by atoms with Crippen molar-refractivity contribution in [1.29, 1.82) is 0 Å². The predicted octanol–water partition coefficient (Wildman–Crippen LogP) is 13.3. The number of nitrogens with zero attached hydrogens (tertiary/aromatic N) is 2. The Labute approximate surface area is 275 Å². The fourth-order valence-electron chi connectivity index (χ4n) is 5.11. The van der Waals surface area contributed by atoms with Crippen LogP contribution in [-0.2, 0) is 10.8 Å². The van der Waals surface area contributed by atoms with Gasteiger partial charge in [-0.3, -0.25) is 0 Å². The third kappa shape index (κ3) is 6.96. The van der Waals surface area contributed by atoms with Crippen LogP contribution in [-0.4, -0.2) is 0 Å². The van der Waals surface area contributed by atoms with E-state index in [4.69, 9.17) is 23.2 Å². The van der Waals surface area contributed by atoms with E-state index in [-0.39, 0.29) is 10.8 Å². The molecule has 0 spiro atoms. The fraction of sp³-hybridized carbons (Fsp3) is 0.211. The molecule has 0 aliphatic rings. The molecule has 0 fully saturated rings. The quantitative estimate of drug-likeness (QED) is 0.177. The Morgan fingerprint density at radius 1 is 0.465 bits per heavy atom. The Morgan fingerprint density at radius 3 is 1.30 bits per heavy atom. The van der Waals surface area contributed by atoms with Crippen LogP contribution in [0.25, 0.3) is 0 Å². The Kier molecular flexibility index (Phi) is 9.00. The molecule has 0 aromatic heterocycles. The summed E-state index contributed by atoms with van der Waals surface area (Å²) in [5, 5.41) is 1.40. The highest BCUT2D eigenvalue weighted by Crippen LogP contribution is 2.47. The number of rotatable bonds is 6. The summed E-state index contributed by atoms with van der Waals surface area (Å²) in [6, 6.07) is 40.0. The van der Waals surface area contributed by atoms with Crippen LogP contribution in [0.1, 0.15) is 52.7 Å². The van der Waals surface area contributed by atoms with E-state index in [2.05, 4.69) is 158 Å². The van der Waals surface area contributed by atoms with E-state index in [1.165, 1.54) is 11.1 Å². The molecule has 0 bridgehead atoms. The van der Waals surface area contributed by atoms with Crippen LogP contribution in [0.2, 0.25) is 10.0 Å². The van der Waals surface area contributed by atoms with Gasteiger partial charge in [-0.1, -0.05) is 95.1 Å². The van der Waals surface area contributed by atoms with E-state index >= 15 is 0 Å². The van der Waals surface area contributed by atoms with Gasteiger partial charge in [0.05, 0.1) is 15.8 Å². The molecular weight excluding hydrogens is 635 g/mol. The van der Waals surface area contributed by atoms with Crippen molar-refractivity contribution in [1.82, 2.24) is 0 Å². The van der Waals surface area contributed by atoms with E-state index in [1.807, 2.05) is 24.3 Å². The zero-order valence-corrected chi connectivity index (χ0v) is 28.6. The highest BCUT2D eigenvalue weighted by Gasteiger charge is 2.24. The van der Waals surface area contributed by atoms with Crippen molar-refractivity contribution in [2.45, 2.75) is 52.4 Å². The summed E-state index contributed by atoms with van der Waals surface area (Å²) >= 11 is 16.7. The molecule has 0 saturated carbocycles. The molecule has 0 aliphatic carbocycles. The van der Waals surface area contributed by atoms with E-state index in [0.29, 0.717) is 10.0 Å². The van der Waals surface area contributed by atoms with Gasteiger partial charge in [-0.2, -0.15) is 0 Å². The summed E-state index contributed by atoms with van der Waals surface area (Å²) in [4.78, 5) is 4.55. The normalized spacial score (nSPS) is 11.8. The number of hydrogen-bond acceptors (Lipinski definition) is 2. The maximum Gasteiger partial charge on any atom is 0.0656 e. The lowest BCUT2D eigenvalue weighted by Gasteiger charge is -2.32. The second-order valence-electron chi connectivity index (χ2n) is 12.8. The van der Waals surface area contributed by atoms with Crippen LogP contribution in [0.3, 0.4) is 0 Å². The van der Waals surface area contributed by atoms with Crippen molar-refractivity contribution in [3.05, 3.63) is 141 Å². The van der Waals surface area contributed by atoms with Gasteiger partial charge in [0.25, 0.3) is 0 Å². The molecule has 5 rings (SSSR count). The van der Waals surface area contributed by atoms with E-state index in [0.717, 1.165) is 38.6 Å². The lowest BCUT2D eigenvalue weighted by molar-refractivity contribution is 0.590. The Morgan fingerprint density at radius 2 is 0.860 bits per heavy atom. The first-order chi connectivity index (χ1) is 20.3. The average molecular weight is 673 g/mol. The third-order valence-corrected chi connectivity index (χ3v) is 8.89. The van der Waals surface area contributed by atoms with Gasteiger partial charge in [0.2, 0.25) is 0 Å². The topological polar surface area (TPSA) is 6.48 Å². The summed E-state index contributed by atoms with van der Waals surface area (Å²) in [7, 11) is 0. The van der Waals surface area contributed by atoms with Crippen LogP contribution in [0.15, 0.2) is 120 Å². The largest absolute Gasteiger partial charge is 0.309 e. The molecule has 0 unspecified atom stereocenters. The Hall–Kier alpha value is -3.24. The number of halogens is 3. The van der Waals surface area contributed by atoms with E-state index in [1.54, 1.807) is 0 Å². The smallest absolute Gasteiger partial charge is 0.0656 e. The van der Waals surface area contributed by atoms with Crippen molar-refractivity contribution >= 4 is 73.3 Å². The van der Waals surface area contributed by atoms with Crippen molar-refractivity contribution in [3.8, 4) is 0 Å². The van der Waals surface area contributed by atoms with Gasteiger partial charge < -0.3 is 9.80 Å². The molecule has 0 heterocycles. The van der Waals surface area contributed by atoms with Crippen LogP contribution in [0.5, 0.6) is 0 Å². The van der Waals surface area contributed by atoms with E-state index in [9.17, 15) is 0 Å². The lowest BCUT2D eigenvalue weighted by atomic mass is 9.87. The summed E-state index contributed by atoms with van der Waals surface area (Å²) in [5.74, 6) is 0. The molecule has 0 N–H and O–H groups in total. The van der Waals surface area contributed by atoms with E-state index < -0.39 is 0 Å². The predicted molar refractivity (Wildman–Crippen MR) is 191 cm³/mol. The zero-order chi connectivity index (χ0) is 30.9. The highest BCUT2D eigenvalue weighted by molar-refractivity contribution is 9.10. The van der Waals surface area contributed by atoms with Crippen LogP contribution < -0.4 is 9.80 Å². The van der Waals surface area contributed by atoms with Crippen LogP contribution in [0, 0.1) is 0 Å². The van der Waals surface area contributed by atoms with Gasteiger partial charge in [-0.05, 0) is 123 Å². The molecule has 0 atom stereocenters. The minimum atomic E-state index is 0.00531. The molecule has 5 aromatic rings. The molecular formula is C38H37BrCl2N2. The lowest BCUT2D eigenvalue weighted by Crippen LogP contribution is -2.16. The summed E-state index contributed by atoms with van der Waals surface area (Å²) in [5.41, 5.74) is 8.78. The minimum absolute atomic E-state index is 0.00531. The van der Waals surface area contributed by atoms with Crippen molar-refractivity contribution in [2.24, 2.45) is 0 Å².